The lowest BCUT2D eigenvalue weighted by molar-refractivity contribution is 0.0677. The number of aromatic nitrogens is 2. The van der Waals surface area contributed by atoms with E-state index < -0.39 is 0 Å². The predicted molar refractivity (Wildman–Crippen MR) is 106 cm³/mol. The molecule has 1 N–H and O–H groups in total. The average Bonchev–Trinajstić information content (AvgIpc) is 2.67. The van der Waals surface area contributed by atoms with Crippen LogP contribution in [0.15, 0.2) is 30.3 Å². The van der Waals surface area contributed by atoms with E-state index in [9.17, 15) is 4.79 Å². The van der Waals surface area contributed by atoms with Crippen molar-refractivity contribution in [3.8, 4) is 5.75 Å². The smallest absolute Gasteiger partial charge is 0.272 e. The molecule has 0 saturated carbocycles. The summed E-state index contributed by atoms with van der Waals surface area (Å²) in [4.78, 5) is 23.6. The quantitative estimate of drug-likeness (QED) is 0.847. The van der Waals surface area contributed by atoms with Crippen molar-refractivity contribution in [3.63, 3.8) is 0 Å². The first kappa shape index (κ1) is 19.1. The van der Waals surface area contributed by atoms with E-state index in [4.69, 9.17) is 4.74 Å². The molecule has 1 aromatic carbocycles. The van der Waals surface area contributed by atoms with Crippen molar-refractivity contribution in [1.29, 1.82) is 0 Å². The molecule has 3 rings (SSSR count). The minimum atomic E-state index is 0.00268. The average molecular weight is 368 g/mol. The van der Waals surface area contributed by atoms with Crippen LogP contribution in [0.2, 0.25) is 0 Å². The van der Waals surface area contributed by atoms with Crippen LogP contribution in [0.4, 0.5) is 5.95 Å². The third kappa shape index (κ3) is 5.18. The Morgan fingerprint density at radius 3 is 2.96 bits per heavy atom. The predicted octanol–water partition coefficient (Wildman–Crippen LogP) is 3.32. The van der Waals surface area contributed by atoms with E-state index in [1.807, 2.05) is 30.0 Å². The number of carbonyl (C=O) groups is 1. The van der Waals surface area contributed by atoms with Gasteiger partial charge in [-0.15, -0.1) is 0 Å². The fourth-order valence-electron chi connectivity index (χ4n) is 3.44. The zero-order valence-corrected chi connectivity index (χ0v) is 16.4. The molecule has 1 fully saturated rings. The van der Waals surface area contributed by atoms with Gasteiger partial charge in [0.2, 0.25) is 5.95 Å². The highest BCUT2D eigenvalue weighted by atomic mass is 16.5. The number of hydrogen-bond acceptors (Lipinski definition) is 5. The van der Waals surface area contributed by atoms with Crippen LogP contribution < -0.4 is 10.1 Å². The first-order valence-corrected chi connectivity index (χ1v) is 9.57. The minimum absolute atomic E-state index is 0.00268. The van der Waals surface area contributed by atoms with Crippen LogP contribution in [0.25, 0.3) is 0 Å². The van der Waals surface area contributed by atoms with E-state index in [2.05, 4.69) is 28.3 Å². The molecule has 1 saturated heterocycles. The van der Waals surface area contributed by atoms with E-state index >= 15 is 0 Å². The van der Waals surface area contributed by atoms with Gasteiger partial charge in [-0.2, -0.15) is 0 Å². The Hall–Kier alpha value is -2.63. The molecule has 0 spiro atoms. The topological polar surface area (TPSA) is 67.3 Å². The second-order valence-electron chi connectivity index (χ2n) is 7.25. The van der Waals surface area contributed by atoms with E-state index in [-0.39, 0.29) is 5.91 Å². The minimum Gasteiger partial charge on any atom is -0.497 e. The fraction of sp³-hybridized carbons (Fsp3) is 0.476. The molecule has 1 aromatic heterocycles. The molecule has 1 aliphatic heterocycles. The molecule has 2 heterocycles. The molecule has 1 unspecified atom stereocenters. The van der Waals surface area contributed by atoms with Crippen molar-refractivity contribution >= 4 is 11.9 Å². The summed E-state index contributed by atoms with van der Waals surface area (Å²) in [5, 5.41) is 3.24. The summed E-state index contributed by atoms with van der Waals surface area (Å²) in [6, 6.07) is 9.77. The highest BCUT2D eigenvalue weighted by molar-refractivity contribution is 5.92. The Bertz CT molecular complexity index is 794. The number of aryl methyl sites for hydroxylation is 1. The Morgan fingerprint density at radius 2 is 2.19 bits per heavy atom. The van der Waals surface area contributed by atoms with Crippen molar-refractivity contribution in [1.82, 2.24) is 14.9 Å². The third-order valence-corrected chi connectivity index (χ3v) is 4.85. The summed E-state index contributed by atoms with van der Waals surface area (Å²) in [5.41, 5.74) is 2.44. The second-order valence-corrected chi connectivity index (χ2v) is 7.25. The number of likely N-dealkylation sites (tertiary alicyclic amines) is 1. The Labute approximate surface area is 161 Å². The zero-order valence-electron chi connectivity index (χ0n) is 16.4. The van der Waals surface area contributed by atoms with Gasteiger partial charge in [0.15, 0.2) is 0 Å². The molecule has 6 nitrogen and oxygen atoms in total. The van der Waals surface area contributed by atoms with Crippen molar-refractivity contribution in [2.75, 3.05) is 32.1 Å². The normalized spacial score (nSPS) is 16.9. The molecule has 1 aliphatic rings. The summed E-state index contributed by atoms with van der Waals surface area (Å²) in [5.74, 6) is 1.91. The van der Waals surface area contributed by atoms with Crippen molar-refractivity contribution in [2.24, 2.45) is 5.92 Å². The largest absolute Gasteiger partial charge is 0.497 e. The Balaban J connectivity index is 1.63. The van der Waals surface area contributed by atoms with Gasteiger partial charge in [-0.1, -0.05) is 19.1 Å². The van der Waals surface area contributed by atoms with Crippen LogP contribution >= 0.6 is 0 Å². The van der Waals surface area contributed by atoms with Gasteiger partial charge in [0.05, 0.1) is 7.11 Å². The molecule has 6 heteroatoms. The van der Waals surface area contributed by atoms with Gasteiger partial charge in [-0.05, 0) is 55.9 Å². The summed E-state index contributed by atoms with van der Waals surface area (Å²) >= 11 is 0. The van der Waals surface area contributed by atoms with Gasteiger partial charge in [-0.3, -0.25) is 4.79 Å². The lowest BCUT2D eigenvalue weighted by atomic mass is 10.00. The fourth-order valence-corrected chi connectivity index (χ4v) is 3.44. The highest BCUT2D eigenvalue weighted by Gasteiger charge is 2.23. The maximum atomic E-state index is 12.8. The molecular formula is C21H28N4O2. The standard InChI is InChI=1S/C21H28N4O2/c1-15-6-5-11-25(14-15)20(26)19-12-16(2)23-21(24-19)22-10-9-17-7-4-8-18(13-17)27-3/h4,7-8,12-13,15H,5-6,9-11,14H2,1-3H3,(H,22,23,24). The first-order valence-electron chi connectivity index (χ1n) is 9.57. The number of anilines is 1. The lowest BCUT2D eigenvalue weighted by Gasteiger charge is -2.30. The number of hydrogen-bond donors (Lipinski definition) is 1. The molecule has 144 valence electrons. The van der Waals surface area contributed by atoms with Gasteiger partial charge in [-0.25, -0.2) is 9.97 Å². The number of benzene rings is 1. The number of carbonyl (C=O) groups excluding carboxylic acids is 1. The number of ether oxygens (including phenoxy) is 1. The zero-order chi connectivity index (χ0) is 19.2. The van der Waals surface area contributed by atoms with Gasteiger partial charge in [0, 0.05) is 25.3 Å². The van der Waals surface area contributed by atoms with Crippen molar-refractivity contribution in [2.45, 2.75) is 33.1 Å². The molecule has 0 bridgehead atoms. The van der Waals surface area contributed by atoms with Crippen LogP contribution in [0.1, 0.15) is 41.5 Å². The third-order valence-electron chi connectivity index (χ3n) is 4.85. The molecule has 0 aliphatic carbocycles. The molecule has 1 atom stereocenters. The van der Waals surface area contributed by atoms with Crippen molar-refractivity contribution in [3.05, 3.63) is 47.3 Å². The van der Waals surface area contributed by atoms with Crippen LogP contribution in [0, 0.1) is 12.8 Å². The van der Waals surface area contributed by atoms with Gasteiger partial charge < -0.3 is 15.0 Å². The van der Waals surface area contributed by atoms with E-state index in [1.54, 1.807) is 13.2 Å². The number of amides is 1. The van der Waals surface area contributed by atoms with E-state index in [0.29, 0.717) is 24.1 Å². The van der Waals surface area contributed by atoms with Crippen LogP contribution in [0.3, 0.4) is 0 Å². The summed E-state index contributed by atoms with van der Waals surface area (Å²) in [6.07, 6.45) is 3.06. The summed E-state index contributed by atoms with van der Waals surface area (Å²) in [7, 11) is 1.67. The summed E-state index contributed by atoms with van der Waals surface area (Å²) in [6.45, 7) is 6.39. The van der Waals surface area contributed by atoms with E-state index in [1.165, 1.54) is 12.0 Å². The number of methoxy groups -OCH3 is 1. The Kier molecular flexibility index (Phi) is 6.27. The molecular weight excluding hydrogens is 340 g/mol. The summed E-state index contributed by atoms with van der Waals surface area (Å²) < 4.78 is 5.26. The van der Waals surface area contributed by atoms with Gasteiger partial charge >= 0.3 is 0 Å². The monoisotopic (exact) mass is 368 g/mol. The maximum absolute atomic E-state index is 12.8. The second kappa shape index (κ2) is 8.84. The number of rotatable bonds is 6. The Morgan fingerprint density at radius 1 is 1.33 bits per heavy atom. The first-order chi connectivity index (χ1) is 13.0. The van der Waals surface area contributed by atoms with Crippen LogP contribution in [0.5, 0.6) is 5.75 Å². The van der Waals surface area contributed by atoms with Gasteiger partial charge in [0.1, 0.15) is 11.4 Å². The molecule has 2 aromatic rings. The molecule has 27 heavy (non-hydrogen) atoms. The molecule has 1 amide bonds. The number of nitrogens with zero attached hydrogens (tertiary/aromatic N) is 3. The van der Waals surface area contributed by atoms with Crippen LogP contribution in [-0.4, -0.2) is 47.5 Å². The van der Waals surface area contributed by atoms with Crippen molar-refractivity contribution < 1.29 is 9.53 Å². The van der Waals surface area contributed by atoms with E-state index in [0.717, 1.165) is 37.4 Å². The van der Waals surface area contributed by atoms with Gasteiger partial charge in [0.25, 0.3) is 5.91 Å². The lowest BCUT2D eigenvalue weighted by Crippen LogP contribution is -2.39. The molecule has 0 radical (unpaired) electrons. The van der Waals surface area contributed by atoms with Crippen LogP contribution in [-0.2, 0) is 6.42 Å². The highest BCUT2D eigenvalue weighted by Crippen LogP contribution is 2.18. The number of piperidine rings is 1. The maximum Gasteiger partial charge on any atom is 0.272 e. The number of nitrogens with one attached hydrogen (secondary N) is 1. The SMILES string of the molecule is COc1cccc(CCNc2nc(C)cc(C(=O)N3CCCC(C)C3)n2)c1.